The summed E-state index contributed by atoms with van der Waals surface area (Å²) in [5, 5.41) is 0.649. The van der Waals surface area contributed by atoms with Gasteiger partial charge in [0.25, 0.3) is 0 Å². The van der Waals surface area contributed by atoms with Gasteiger partial charge in [0.05, 0.1) is 0 Å². The van der Waals surface area contributed by atoms with Gasteiger partial charge in [0.15, 0.2) is 0 Å². The summed E-state index contributed by atoms with van der Waals surface area (Å²) in [5.74, 6) is 0.178. The maximum atomic E-state index is 10.6. The van der Waals surface area contributed by atoms with Gasteiger partial charge in [0.2, 0.25) is 0 Å². The molecule has 6 heteroatoms. The summed E-state index contributed by atoms with van der Waals surface area (Å²) in [5.41, 5.74) is 0.774. The van der Waals surface area contributed by atoms with Crippen LogP contribution in [0.4, 0.5) is 0 Å². The van der Waals surface area contributed by atoms with Gasteiger partial charge in [-0.2, -0.15) is 0 Å². The zero-order chi connectivity index (χ0) is 10.2. The highest BCUT2D eigenvalue weighted by atomic mass is 31.2. The fourth-order valence-corrected chi connectivity index (χ4v) is 1.68. The van der Waals surface area contributed by atoms with E-state index in [2.05, 4.69) is 9.51 Å². The summed E-state index contributed by atoms with van der Waals surface area (Å²) < 4.78 is 15.1. The van der Waals surface area contributed by atoms with E-state index in [1.165, 1.54) is 6.07 Å². The first kappa shape index (κ1) is 9.27. The minimum Gasteiger partial charge on any atom is -0.404 e. The molecule has 0 fully saturated rings. The Morgan fingerprint density at radius 2 is 2.07 bits per heavy atom. The monoisotopic (exact) mass is 213 g/mol. The van der Waals surface area contributed by atoms with Gasteiger partial charge in [-0.05, 0) is 18.2 Å². The van der Waals surface area contributed by atoms with Crippen LogP contribution in [-0.2, 0) is 4.57 Å². The zero-order valence-electron chi connectivity index (χ0n) is 7.04. The van der Waals surface area contributed by atoms with Crippen molar-refractivity contribution in [2.45, 2.75) is 0 Å². The predicted octanol–water partition coefficient (Wildman–Crippen LogP) is 1.64. The highest BCUT2D eigenvalue weighted by Crippen LogP contribution is 2.40. The van der Waals surface area contributed by atoms with Crippen molar-refractivity contribution < 1.29 is 18.9 Å². The summed E-state index contributed by atoms with van der Waals surface area (Å²) in [6, 6.07) is 6.65. The summed E-state index contributed by atoms with van der Waals surface area (Å²) in [6.07, 6.45) is 1.68. The van der Waals surface area contributed by atoms with Gasteiger partial charge < -0.3 is 9.51 Å². The smallest absolute Gasteiger partial charge is 0.404 e. The van der Waals surface area contributed by atoms with Crippen molar-refractivity contribution in [3.05, 3.63) is 30.5 Å². The molecule has 0 unspecified atom stereocenters. The van der Waals surface area contributed by atoms with Crippen molar-refractivity contribution in [3.63, 3.8) is 0 Å². The molecule has 1 aromatic carbocycles. The molecule has 2 aromatic rings. The van der Waals surface area contributed by atoms with Crippen LogP contribution in [0.3, 0.4) is 0 Å². The first-order chi connectivity index (χ1) is 6.56. The van der Waals surface area contributed by atoms with E-state index < -0.39 is 7.82 Å². The lowest BCUT2D eigenvalue weighted by molar-refractivity contribution is 0.284. The SMILES string of the molecule is O=P(O)(O)Oc1cccc2[nH]ccc12. The number of phosphoric ester groups is 1. The Kier molecular flexibility index (Phi) is 2.07. The van der Waals surface area contributed by atoms with Crippen molar-refractivity contribution in [2.24, 2.45) is 0 Å². The van der Waals surface area contributed by atoms with Crippen molar-refractivity contribution in [2.75, 3.05) is 0 Å². The van der Waals surface area contributed by atoms with Crippen LogP contribution < -0.4 is 4.52 Å². The third-order valence-corrected chi connectivity index (χ3v) is 2.21. The van der Waals surface area contributed by atoms with E-state index in [1.54, 1.807) is 24.4 Å². The number of rotatable bonds is 2. The fraction of sp³-hybridized carbons (Fsp3) is 0. The van der Waals surface area contributed by atoms with E-state index in [4.69, 9.17) is 9.79 Å². The van der Waals surface area contributed by atoms with Crippen LogP contribution in [0, 0.1) is 0 Å². The van der Waals surface area contributed by atoms with Crippen LogP contribution in [-0.4, -0.2) is 14.8 Å². The van der Waals surface area contributed by atoms with Crippen molar-refractivity contribution in [3.8, 4) is 5.75 Å². The molecule has 0 atom stereocenters. The number of aromatic amines is 1. The molecule has 0 saturated heterocycles. The van der Waals surface area contributed by atoms with E-state index in [-0.39, 0.29) is 5.75 Å². The number of hydrogen-bond acceptors (Lipinski definition) is 2. The number of hydrogen-bond donors (Lipinski definition) is 3. The minimum absolute atomic E-state index is 0.178. The molecule has 0 bridgehead atoms. The second-order valence-corrected chi connectivity index (χ2v) is 3.94. The van der Waals surface area contributed by atoms with E-state index in [0.29, 0.717) is 5.39 Å². The third-order valence-electron chi connectivity index (χ3n) is 1.77. The number of fused-ring (bicyclic) bond motifs is 1. The molecule has 3 N–H and O–H groups in total. The highest BCUT2D eigenvalue weighted by Gasteiger charge is 2.17. The van der Waals surface area contributed by atoms with Crippen LogP contribution in [0.1, 0.15) is 0 Å². The molecular formula is C8H8NO4P. The van der Waals surface area contributed by atoms with Crippen LogP contribution in [0.15, 0.2) is 30.5 Å². The number of phosphoric acid groups is 1. The Balaban J connectivity index is 2.52. The number of benzene rings is 1. The Labute approximate surface area is 79.6 Å². The van der Waals surface area contributed by atoms with Gasteiger partial charge in [0, 0.05) is 17.1 Å². The summed E-state index contributed by atoms with van der Waals surface area (Å²) in [4.78, 5) is 20.2. The molecular weight excluding hydrogens is 205 g/mol. The molecule has 0 spiro atoms. The summed E-state index contributed by atoms with van der Waals surface area (Å²) >= 11 is 0. The molecule has 14 heavy (non-hydrogen) atoms. The van der Waals surface area contributed by atoms with Crippen LogP contribution >= 0.6 is 7.82 Å². The van der Waals surface area contributed by atoms with Gasteiger partial charge in [-0.3, -0.25) is 9.79 Å². The van der Waals surface area contributed by atoms with E-state index in [1.807, 2.05) is 0 Å². The average Bonchev–Trinajstić information content (AvgIpc) is 2.49. The predicted molar refractivity (Wildman–Crippen MR) is 51.0 cm³/mol. The Bertz CT molecular complexity index is 501. The molecule has 0 aliphatic carbocycles. The molecule has 1 heterocycles. The van der Waals surface area contributed by atoms with E-state index in [0.717, 1.165) is 5.52 Å². The highest BCUT2D eigenvalue weighted by molar-refractivity contribution is 7.46. The van der Waals surface area contributed by atoms with E-state index >= 15 is 0 Å². The molecule has 0 radical (unpaired) electrons. The molecule has 0 saturated carbocycles. The third kappa shape index (κ3) is 1.80. The number of H-pyrrole nitrogens is 1. The maximum absolute atomic E-state index is 10.6. The standard InChI is InChI=1S/C8H8NO4P/c10-14(11,12)13-8-3-1-2-7-6(8)4-5-9-7/h1-5,9H,(H2,10,11,12). The maximum Gasteiger partial charge on any atom is 0.524 e. The summed E-state index contributed by atoms with van der Waals surface area (Å²) in [7, 11) is -4.48. The lowest BCUT2D eigenvalue weighted by Crippen LogP contribution is -1.90. The molecule has 1 aromatic heterocycles. The van der Waals surface area contributed by atoms with Crippen LogP contribution in [0.2, 0.25) is 0 Å². The molecule has 74 valence electrons. The second-order valence-electron chi connectivity index (χ2n) is 2.78. The van der Waals surface area contributed by atoms with Gasteiger partial charge in [-0.25, -0.2) is 4.57 Å². The largest absolute Gasteiger partial charge is 0.524 e. The Morgan fingerprint density at radius 1 is 1.29 bits per heavy atom. The van der Waals surface area contributed by atoms with E-state index in [9.17, 15) is 4.57 Å². The van der Waals surface area contributed by atoms with Crippen LogP contribution in [0.5, 0.6) is 5.75 Å². The summed E-state index contributed by atoms with van der Waals surface area (Å²) in [6.45, 7) is 0. The van der Waals surface area contributed by atoms with Crippen molar-refractivity contribution in [1.29, 1.82) is 0 Å². The zero-order valence-corrected chi connectivity index (χ0v) is 7.94. The lowest BCUT2D eigenvalue weighted by atomic mass is 10.2. The second kappa shape index (κ2) is 3.13. The quantitative estimate of drug-likeness (QED) is 0.662. The Hall–Kier alpha value is -1.29. The lowest BCUT2D eigenvalue weighted by Gasteiger charge is -2.07. The molecule has 0 amide bonds. The minimum atomic E-state index is -4.48. The van der Waals surface area contributed by atoms with Crippen LogP contribution in [0.25, 0.3) is 10.9 Å². The first-order valence-corrected chi connectivity index (χ1v) is 5.40. The molecule has 0 aliphatic rings. The van der Waals surface area contributed by atoms with Crippen molar-refractivity contribution in [1.82, 2.24) is 4.98 Å². The number of aromatic nitrogens is 1. The average molecular weight is 213 g/mol. The topological polar surface area (TPSA) is 82.6 Å². The van der Waals surface area contributed by atoms with Gasteiger partial charge in [0.1, 0.15) is 5.75 Å². The Morgan fingerprint density at radius 3 is 2.79 bits per heavy atom. The molecule has 0 aliphatic heterocycles. The normalized spacial score (nSPS) is 11.9. The van der Waals surface area contributed by atoms with Gasteiger partial charge >= 0.3 is 7.82 Å². The van der Waals surface area contributed by atoms with Crippen molar-refractivity contribution >= 4 is 18.7 Å². The molecule has 2 rings (SSSR count). The van der Waals surface area contributed by atoms with Gasteiger partial charge in [-0.15, -0.1) is 0 Å². The fourth-order valence-electron chi connectivity index (χ4n) is 1.26. The first-order valence-electron chi connectivity index (χ1n) is 3.87. The van der Waals surface area contributed by atoms with Gasteiger partial charge in [-0.1, -0.05) is 6.07 Å². The molecule has 5 nitrogen and oxygen atoms in total. The number of nitrogens with one attached hydrogen (secondary N) is 1.